The Labute approximate surface area is 213 Å². The number of hydrogen-bond donors (Lipinski definition) is 9. The fourth-order valence-electron chi connectivity index (χ4n) is 3.29. The van der Waals surface area contributed by atoms with Crippen LogP contribution in [0.5, 0.6) is 5.75 Å². The molecule has 4 unspecified atom stereocenters. The minimum absolute atomic E-state index is 0.0194. The molecule has 0 bridgehead atoms. The van der Waals surface area contributed by atoms with Crippen LogP contribution in [0.2, 0.25) is 0 Å². The summed E-state index contributed by atoms with van der Waals surface area (Å²) in [5.41, 5.74) is 16.6. The quantitative estimate of drug-likeness (QED) is 0.0944. The Morgan fingerprint density at radius 2 is 1.41 bits per heavy atom. The number of primary amides is 1. The van der Waals surface area contributed by atoms with Gasteiger partial charge in [-0.25, -0.2) is 4.79 Å². The molecular weight excluding hydrogens is 488 g/mol. The summed E-state index contributed by atoms with van der Waals surface area (Å²) in [5.74, 6) is -4.52. The maximum atomic E-state index is 13.1. The molecule has 206 valence electrons. The van der Waals surface area contributed by atoms with E-state index in [1.807, 2.05) is 0 Å². The van der Waals surface area contributed by atoms with E-state index in [4.69, 9.17) is 22.3 Å². The number of carbonyl (C=O) groups excluding carboxylic acids is 4. The van der Waals surface area contributed by atoms with E-state index in [9.17, 15) is 34.2 Å². The van der Waals surface area contributed by atoms with Crippen LogP contribution < -0.4 is 33.2 Å². The summed E-state index contributed by atoms with van der Waals surface area (Å²) in [4.78, 5) is 61.0. The molecule has 0 saturated heterocycles. The lowest BCUT2D eigenvalue weighted by molar-refractivity contribution is -0.142. The number of aromatic hydroxyl groups is 1. The van der Waals surface area contributed by atoms with Crippen molar-refractivity contribution in [1.82, 2.24) is 16.0 Å². The normalized spacial score (nSPS) is 14.0. The van der Waals surface area contributed by atoms with Crippen molar-refractivity contribution in [3.8, 4) is 5.75 Å². The molecule has 1 aromatic rings. The standard InChI is InChI=1S/C23H36N6O8/c24-10-2-1-3-16(27-20(33)15(25)12-30)21(34)29-18(11-13-4-6-14(31)7-5-13)22(35)28-17(23(36)37)8-9-19(26)32/h4-7,15-18,30-31H,1-3,8-12,24-25H2,(H2,26,32)(H,27,33)(H,28,35)(H,29,34)(H,36,37). The molecular formula is C23H36N6O8. The number of carboxylic acid groups (broad SMARTS) is 1. The van der Waals surface area contributed by atoms with E-state index < -0.39 is 60.4 Å². The molecule has 1 rings (SSSR count). The van der Waals surface area contributed by atoms with Crippen molar-refractivity contribution in [1.29, 1.82) is 0 Å². The Hall–Kier alpha value is -3.75. The lowest BCUT2D eigenvalue weighted by atomic mass is 10.0. The molecule has 0 aliphatic carbocycles. The van der Waals surface area contributed by atoms with E-state index in [1.54, 1.807) is 0 Å². The van der Waals surface area contributed by atoms with Gasteiger partial charge in [-0.1, -0.05) is 12.1 Å². The molecule has 1 aromatic carbocycles. The smallest absolute Gasteiger partial charge is 0.326 e. The van der Waals surface area contributed by atoms with Crippen molar-refractivity contribution in [2.45, 2.75) is 62.7 Å². The third kappa shape index (κ3) is 11.7. The number of aliphatic hydroxyl groups is 1. The van der Waals surface area contributed by atoms with Crippen LogP contribution >= 0.6 is 0 Å². The summed E-state index contributed by atoms with van der Waals surface area (Å²) in [6, 6.07) is 0.694. The van der Waals surface area contributed by atoms with Crippen LogP contribution in [0.3, 0.4) is 0 Å². The van der Waals surface area contributed by atoms with E-state index in [0.29, 0.717) is 24.9 Å². The predicted molar refractivity (Wildman–Crippen MR) is 132 cm³/mol. The first-order valence-electron chi connectivity index (χ1n) is 11.7. The number of carbonyl (C=O) groups is 5. The summed E-state index contributed by atoms with van der Waals surface area (Å²) in [5, 5.41) is 35.4. The first kappa shape index (κ1) is 31.3. The number of unbranched alkanes of at least 4 members (excludes halogenated alkanes) is 1. The number of phenolic OH excluding ortho intramolecular Hbond substituents is 1. The molecule has 14 heteroatoms. The number of hydrogen-bond acceptors (Lipinski definition) is 9. The summed E-state index contributed by atoms with van der Waals surface area (Å²) < 4.78 is 0. The van der Waals surface area contributed by atoms with Gasteiger partial charge in [-0.3, -0.25) is 19.2 Å². The second-order valence-electron chi connectivity index (χ2n) is 8.47. The summed E-state index contributed by atoms with van der Waals surface area (Å²) in [6.07, 6.45) is 0.561. The molecule has 0 saturated carbocycles. The lowest BCUT2D eigenvalue weighted by Crippen LogP contribution is -2.58. The van der Waals surface area contributed by atoms with Crippen molar-refractivity contribution in [3.63, 3.8) is 0 Å². The van der Waals surface area contributed by atoms with Gasteiger partial charge in [0.15, 0.2) is 0 Å². The first-order chi connectivity index (χ1) is 17.5. The van der Waals surface area contributed by atoms with Crippen molar-refractivity contribution < 1.29 is 39.3 Å². The van der Waals surface area contributed by atoms with Gasteiger partial charge in [0.2, 0.25) is 23.6 Å². The van der Waals surface area contributed by atoms with E-state index in [0.717, 1.165) is 0 Å². The van der Waals surface area contributed by atoms with Crippen LogP contribution in [-0.4, -0.2) is 82.2 Å². The number of rotatable bonds is 17. The van der Waals surface area contributed by atoms with Crippen LogP contribution in [0.4, 0.5) is 0 Å². The van der Waals surface area contributed by atoms with Gasteiger partial charge in [-0.15, -0.1) is 0 Å². The fraction of sp³-hybridized carbons (Fsp3) is 0.522. The Morgan fingerprint density at radius 3 is 1.95 bits per heavy atom. The van der Waals surface area contributed by atoms with Gasteiger partial charge in [-0.2, -0.15) is 0 Å². The number of carboxylic acids is 1. The first-order valence-corrected chi connectivity index (χ1v) is 11.7. The number of aliphatic hydroxyl groups excluding tert-OH is 1. The molecule has 0 spiro atoms. The van der Waals surface area contributed by atoms with Gasteiger partial charge in [0, 0.05) is 12.8 Å². The van der Waals surface area contributed by atoms with Crippen molar-refractivity contribution in [2.75, 3.05) is 13.2 Å². The van der Waals surface area contributed by atoms with Crippen LogP contribution in [0.25, 0.3) is 0 Å². The molecule has 4 amide bonds. The third-order valence-corrected chi connectivity index (χ3v) is 5.42. The highest BCUT2D eigenvalue weighted by atomic mass is 16.4. The SMILES string of the molecule is NCCCCC(NC(=O)C(N)CO)C(=O)NC(Cc1ccc(O)cc1)C(=O)NC(CCC(N)=O)C(=O)O. The largest absolute Gasteiger partial charge is 0.508 e. The maximum Gasteiger partial charge on any atom is 0.326 e. The number of nitrogens with one attached hydrogen (secondary N) is 3. The van der Waals surface area contributed by atoms with E-state index in [-0.39, 0.29) is 31.4 Å². The van der Waals surface area contributed by atoms with E-state index in [1.165, 1.54) is 24.3 Å². The molecule has 37 heavy (non-hydrogen) atoms. The number of amides is 4. The average molecular weight is 525 g/mol. The second kappa shape index (κ2) is 16.1. The van der Waals surface area contributed by atoms with E-state index in [2.05, 4.69) is 16.0 Å². The highest BCUT2D eigenvalue weighted by Gasteiger charge is 2.30. The molecule has 0 radical (unpaired) electrons. The van der Waals surface area contributed by atoms with Gasteiger partial charge < -0.3 is 48.5 Å². The topological polar surface area (TPSA) is 260 Å². The average Bonchev–Trinajstić information content (AvgIpc) is 2.85. The molecule has 4 atom stereocenters. The zero-order valence-corrected chi connectivity index (χ0v) is 20.4. The number of nitrogens with two attached hydrogens (primary N) is 3. The monoisotopic (exact) mass is 524 g/mol. The lowest BCUT2D eigenvalue weighted by Gasteiger charge is -2.25. The molecule has 0 fully saturated rings. The Balaban J connectivity index is 3.14. The summed E-state index contributed by atoms with van der Waals surface area (Å²) >= 11 is 0. The minimum atomic E-state index is -1.44. The van der Waals surface area contributed by atoms with Crippen LogP contribution in [-0.2, 0) is 30.4 Å². The Kier molecular flexibility index (Phi) is 13.6. The van der Waals surface area contributed by atoms with E-state index >= 15 is 0 Å². The highest BCUT2D eigenvalue weighted by molar-refractivity contribution is 5.94. The Morgan fingerprint density at radius 1 is 0.838 bits per heavy atom. The third-order valence-electron chi connectivity index (χ3n) is 5.42. The number of aliphatic carboxylic acids is 1. The second-order valence-corrected chi connectivity index (χ2v) is 8.47. The summed E-state index contributed by atoms with van der Waals surface area (Å²) in [6.45, 7) is -0.289. The maximum absolute atomic E-state index is 13.1. The van der Waals surface area contributed by atoms with Crippen molar-refractivity contribution in [2.24, 2.45) is 17.2 Å². The van der Waals surface area contributed by atoms with Gasteiger partial charge in [0.25, 0.3) is 0 Å². The van der Waals surface area contributed by atoms with Crippen molar-refractivity contribution >= 4 is 29.6 Å². The van der Waals surface area contributed by atoms with Crippen molar-refractivity contribution in [3.05, 3.63) is 29.8 Å². The predicted octanol–water partition coefficient (Wildman–Crippen LogP) is -2.81. The minimum Gasteiger partial charge on any atom is -0.508 e. The Bertz CT molecular complexity index is 926. The molecule has 0 aliphatic heterocycles. The van der Waals surface area contributed by atoms with Crippen LogP contribution in [0.1, 0.15) is 37.7 Å². The number of phenols is 1. The molecule has 0 aliphatic rings. The van der Waals surface area contributed by atoms with Gasteiger partial charge >= 0.3 is 5.97 Å². The van der Waals surface area contributed by atoms with Gasteiger partial charge in [0.05, 0.1) is 6.61 Å². The zero-order chi connectivity index (χ0) is 28.0. The molecule has 12 N–H and O–H groups in total. The molecule has 0 aromatic heterocycles. The van der Waals surface area contributed by atoms with Crippen LogP contribution in [0, 0.1) is 0 Å². The van der Waals surface area contributed by atoms with Crippen LogP contribution in [0.15, 0.2) is 24.3 Å². The zero-order valence-electron chi connectivity index (χ0n) is 20.4. The van der Waals surface area contributed by atoms with Gasteiger partial charge in [0.1, 0.15) is 29.9 Å². The fourth-order valence-corrected chi connectivity index (χ4v) is 3.29. The number of benzene rings is 1. The highest BCUT2D eigenvalue weighted by Crippen LogP contribution is 2.12. The summed E-state index contributed by atoms with van der Waals surface area (Å²) in [7, 11) is 0. The van der Waals surface area contributed by atoms with Gasteiger partial charge in [-0.05, 0) is 49.9 Å². The molecule has 14 nitrogen and oxygen atoms in total. The molecule has 0 heterocycles.